The number of carbonyl (C=O) groups excluding carboxylic acids is 2. The number of methoxy groups -OCH3 is 1. The van der Waals surface area contributed by atoms with Crippen LogP contribution in [0.1, 0.15) is 31.2 Å². The number of H-pyrrole nitrogens is 1. The summed E-state index contributed by atoms with van der Waals surface area (Å²) in [4.78, 5) is 52.8. The Morgan fingerprint density at radius 1 is 1.30 bits per heavy atom. The molecule has 0 unspecified atom stereocenters. The summed E-state index contributed by atoms with van der Waals surface area (Å²) < 4.78 is 6.23. The minimum Gasteiger partial charge on any atom is -0.383 e. The molecule has 2 heterocycles. The third-order valence-electron chi connectivity index (χ3n) is 4.09. The predicted octanol–water partition coefficient (Wildman–Crippen LogP) is 0.0870. The van der Waals surface area contributed by atoms with E-state index in [2.05, 4.69) is 20.5 Å². The van der Waals surface area contributed by atoms with Gasteiger partial charge in [0.25, 0.3) is 5.56 Å². The van der Waals surface area contributed by atoms with E-state index in [1.54, 1.807) is 6.92 Å². The molecule has 2 aromatic rings. The summed E-state index contributed by atoms with van der Waals surface area (Å²) in [6, 6.07) is 0. The highest BCUT2D eigenvalue weighted by atomic mass is 32.1. The molecule has 2 amide bonds. The Hall–Kier alpha value is -3.06. The Morgan fingerprint density at radius 3 is 2.63 bits per heavy atom. The topological polar surface area (TPSA) is 165 Å². The number of aryl methyl sites for hydroxylation is 1. The van der Waals surface area contributed by atoms with Gasteiger partial charge >= 0.3 is 5.69 Å². The second-order valence-electron chi connectivity index (χ2n) is 6.36. The molecule has 0 saturated carbocycles. The minimum absolute atomic E-state index is 0.0319. The van der Waals surface area contributed by atoms with Crippen LogP contribution in [0.5, 0.6) is 0 Å². The first-order valence-electron chi connectivity index (χ1n) is 9.30. The van der Waals surface area contributed by atoms with Crippen molar-refractivity contribution in [3.8, 4) is 0 Å². The van der Waals surface area contributed by atoms with Crippen LogP contribution in [0.4, 0.5) is 16.6 Å². The van der Waals surface area contributed by atoms with Crippen LogP contribution in [0.2, 0.25) is 0 Å². The molecule has 0 aliphatic rings. The van der Waals surface area contributed by atoms with Gasteiger partial charge in [-0.05, 0) is 13.3 Å². The number of ether oxygens (including phenoxy) is 1. The van der Waals surface area contributed by atoms with Crippen molar-refractivity contribution in [3.05, 3.63) is 25.8 Å². The van der Waals surface area contributed by atoms with Crippen LogP contribution in [0, 0.1) is 6.92 Å². The van der Waals surface area contributed by atoms with Crippen LogP contribution >= 0.6 is 11.3 Å². The van der Waals surface area contributed by atoms with Crippen molar-refractivity contribution in [2.45, 2.75) is 39.7 Å². The molecule has 0 aliphatic carbocycles. The van der Waals surface area contributed by atoms with Crippen LogP contribution in [0.3, 0.4) is 0 Å². The number of hydrogen-bond acceptors (Lipinski definition) is 9. The van der Waals surface area contributed by atoms with Crippen molar-refractivity contribution >= 4 is 39.8 Å². The van der Waals surface area contributed by atoms with E-state index in [-0.39, 0.29) is 44.0 Å². The lowest BCUT2D eigenvalue weighted by Gasteiger charge is -2.24. The van der Waals surface area contributed by atoms with E-state index in [4.69, 9.17) is 10.5 Å². The fraction of sp³-hybridized carbons (Fsp3) is 0.529. The third-order valence-corrected chi connectivity index (χ3v) is 4.84. The second kappa shape index (κ2) is 10.6. The van der Waals surface area contributed by atoms with Gasteiger partial charge in [-0.3, -0.25) is 23.9 Å². The monoisotopic (exact) mass is 439 g/mol. The number of aromatic nitrogens is 4. The van der Waals surface area contributed by atoms with Gasteiger partial charge < -0.3 is 20.7 Å². The van der Waals surface area contributed by atoms with Crippen molar-refractivity contribution in [3.63, 3.8) is 0 Å². The predicted molar refractivity (Wildman–Crippen MR) is 113 cm³/mol. The summed E-state index contributed by atoms with van der Waals surface area (Å²) in [7, 11) is 1.45. The van der Waals surface area contributed by atoms with E-state index in [0.717, 1.165) is 4.90 Å². The molecule has 0 fully saturated rings. The molecular formula is C17H25N7O5S. The number of nitrogen functional groups attached to an aromatic ring is 1. The van der Waals surface area contributed by atoms with Crippen molar-refractivity contribution in [1.82, 2.24) is 19.7 Å². The first kappa shape index (κ1) is 23.2. The molecule has 0 bridgehead atoms. The normalized spacial score (nSPS) is 10.8. The molecule has 0 saturated heterocycles. The Balaban J connectivity index is 2.21. The summed E-state index contributed by atoms with van der Waals surface area (Å²) >= 11 is 1.22. The Kier molecular flexibility index (Phi) is 8.24. The maximum Gasteiger partial charge on any atom is 0.330 e. The number of amides is 2. The highest BCUT2D eigenvalue weighted by Crippen LogP contribution is 2.19. The van der Waals surface area contributed by atoms with Crippen LogP contribution in [0.15, 0.2) is 9.59 Å². The fourth-order valence-electron chi connectivity index (χ4n) is 2.71. The number of rotatable bonds is 10. The van der Waals surface area contributed by atoms with Crippen LogP contribution in [-0.4, -0.2) is 51.8 Å². The van der Waals surface area contributed by atoms with Gasteiger partial charge in [0.05, 0.1) is 6.61 Å². The number of nitrogens with two attached hydrogens (primary N) is 1. The maximum absolute atomic E-state index is 12.8. The number of hydrogen-bond donors (Lipinski definition) is 3. The molecule has 4 N–H and O–H groups in total. The number of carbonyl (C=O) groups is 2. The molecule has 2 rings (SSSR count). The molecule has 13 heteroatoms. The zero-order chi connectivity index (χ0) is 22.3. The van der Waals surface area contributed by atoms with E-state index in [0.29, 0.717) is 16.6 Å². The van der Waals surface area contributed by atoms with Crippen molar-refractivity contribution < 1.29 is 14.3 Å². The summed E-state index contributed by atoms with van der Waals surface area (Å²) in [6.45, 7) is 4.05. The van der Waals surface area contributed by atoms with Crippen molar-refractivity contribution in [2.75, 3.05) is 36.2 Å². The molecule has 0 spiro atoms. The Bertz CT molecular complexity index is 1010. The highest BCUT2D eigenvalue weighted by molar-refractivity contribution is 7.15. The van der Waals surface area contributed by atoms with Crippen LogP contribution < -0.4 is 27.2 Å². The molecule has 30 heavy (non-hydrogen) atoms. The molecule has 0 radical (unpaired) electrons. The lowest BCUT2D eigenvalue weighted by atomic mass is 10.2. The van der Waals surface area contributed by atoms with E-state index in [1.807, 2.05) is 6.92 Å². The Morgan fingerprint density at radius 2 is 2.03 bits per heavy atom. The summed E-state index contributed by atoms with van der Waals surface area (Å²) in [6.07, 6.45) is 0.291. The summed E-state index contributed by atoms with van der Waals surface area (Å²) in [5.74, 6) is -1.03. The van der Waals surface area contributed by atoms with E-state index in [1.165, 1.54) is 23.0 Å². The minimum atomic E-state index is -0.775. The zero-order valence-corrected chi connectivity index (χ0v) is 17.9. The van der Waals surface area contributed by atoms with Crippen LogP contribution in [-0.2, 0) is 20.9 Å². The average Bonchev–Trinajstić information content (AvgIpc) is 3.10. The maximum atomic E-state index is 12.8. The van der Waals surface area contributed by atoms with Gasteiger partial charge in [-0.25, -0.2) is 4.79 Å². The largest absolute Gasteiger partial charge is 0.383 e. The highest BCUT2D eigenvalue weighted by Gasteiger charge is 2.24. The van der Waals surface area contributed by atoms with E-state index < -0.39 is 23.1 Å². The zero-order valence-electron chi connectivity index (χ0n) is 17.1. The van der Waals surface area contributed by atoms with Gasteiger partial charge in [-0.1, -0.05) is 18.3 Å². The van der Waals surface area contributed by atoms with Crippen molar-refractivity contribution in [2.24, 2.45) is 0 Å². The number of aromatic amines is 1. The quantitative estimate of drug-likeness (QED) is 0.468. The number of nitrogens with zero attached hydrogens (tertiary/aromatic N) is 4. The molecule has 0 aliphatic heterocycles. The van der Waals surface area contributed by atoms with E-state index in [9.17, 15) is 19.2 Å². The average molecular weight is 439 g/mol. The molecule has 0 aromatic carbocycles. The first-order chi connectivity index (χ1) is 14.3. The smallest absolute Gasteiger partial charge is 0.330 e. The van der Waals surface area contributed by atoms with Gasteiger partial charge in [0, 0.05) is 33.0 Å². The standard InChI is InChI=1S/C17H25N7O5S/c1-4-7-24-14(18)13(15(27)20-17(24)28)23(8-9-29-3)12(26)6-5-11(25)19-16-22-21-10(2)30-16/h4-9,18H2,1-3H3,(H,19,22,25)(H,20,27,28). The molecule has 2 aromatic heterocycles. The first-order valence-corrected chi connectivity index (χ1v) is 10.1. The molecular weight excluding hydrogens is 414 g/mol. The third kappa shape index (κ3) is 5.73. The van der Waals surface area contributed by atoms with Gasteiger partial charge in [0.15, 0.2) is 5.69 Å². The number of anilines is 3. The fourth-order valence-corrected chi connectivity index (χ4v) is 3.32. The van der Waals surface area contributed by atoms with Crippen molar-refractivity contribution in [1.29, 1.82) is 0 Å². The van der Waals surface area contributed by atoms with Gasteiger partial charge in [-0.2, -0.15) is 0 Å². The van der Waals surface area contributed by atoms with Gasteiger partial charge in [-0.15, -0.1) is 10.2 Å². The van der Waals surface area contributed by atoms with Gasteiger partial charge in [0.1, 0.15) is 10.8 Å². The lowest BCUT2D eigenvalue weighted by molar-refractivity contribution is -0.122. The van der Waals surface area contributed by atoms with Crippen LogP contribution in [0.25, 0.3) is 0 Å². The summed E-state index contributed by atoms with van der Waals surface area (Å²) in [5, 5.41) is 11.2. The SMILES string of the molecule is CCCn1c(N)c(N(CCOC)C(=O)CCC(=O)Nc2nnc(C)s2)c(=O)[nH]c1=O. The molecule has 164 valence electrons. The van der Waals surface area contributed by atoms with Gasteiger partial charge in [0.2, 0.25) is 16.9 Å². The molecule has 12 nitrogen and oxygen atoms in total. The lowest BCUT2D eigenvalue weighted by Crippen LogP contribution is -2.42. The summed E-state index contributed by atoms with van der Waals surface area (Å²) in [5.41, 5.74) is 4.50. The Labute approximate surface area is 176 Å². The number of nitrogens with one attached hydrogen (secondary N) is 2. The van der Waals surface area contributed by atoms with E-state index >= 15 is 0 Å². The second-order valence-corrected chi connectivity index (χ2v) is 7.54. The molecule has 0 atom stereocenters.